The minimum Gasteiger partial charge on any atom is -0.600 e. The summed E-state index contributed by atoms with van der Waals surface area (Å²) in [5.74, 6) is -1.18. The molecular formula is C12H17O4Re-. The smallest absolute Gasteiger partial charge is 0.305 e. The second-order valence-electron chi connectivity index (χ2n) is 5.02. The number of carbonyl (C=O) groups excluding carboxylic acids is 2. The Bertz CT molecular complexity index is 358. The minimum absolute atomic E-state index is 0. The van der Waals surface area contributed by atoms with E-state index in [0.29, 0.717) is 0 Å². The van der Waals surface area contributed by atoms with Gasteiger partial charge >= 0.3 is 5.97 Å². The van der Waals surface area contributed by atoms with Crippen molar-refractivity contribution in [2.45, 2.75) is 40.2 Å². The van der Waals surface area contributed by atoms with E-state index in [2.05, 4.69) is 6.58 Å². The number of hydrogen-bond donors (Lipinski definition) is 0. The van der Waals surface area contributed by atoms with E-state index in [1.165, 1.54) is 6.92 Å². The van der Waals surface area contributed by atoms with Crippen molar-refractivity contribution in [1.82, 2.24) is 0 Å². The Morgan fingerprint density at radius 1 is 1.35 bits per heavy atom. The van der Waals surface area contributed by atoms with E-state index in [9.17, 15) is 9.59 Å². The van der Waals surface area contributed by atoms with Gasteiger partial charge in [0.25, 0.3) is 0 Å². The predicted octanol–water partition coefficient (Wildman–Crippen LogP) is 2.00. The summed E-state index contributed by atoms with van der Waals surface area (Å²) in [6, 6.07) is 0. The summed E-state index contributed by atoms with van der Waals surface area (Å²) in [5.41, 5.74) is -1.08. The molecule has 1 radical (unpaired) electrons. The zero-order valence-electron chi connectivity index (χ0n) is 10.7. The summed E-state index contributed by atoms with van der Waals surface area (Å²) in [5, 5.41) is 0. The van der Waals surface area contributed by atoms with Gasteiger partial charge in [0.05, 0.1) is 5.60 Å². The summed E-state index contributed by atoms with van der Waals surface area (Å²) < 4.78 is 10.2. The van der Waals surface area contributed by atoms with Gasteiger partial charge in [-0.2, -0.15) is 0 Å². The monoisotopic (exact) mass is 412 g/mol. The van der Waals surface area contributed by atoms with Crippen LogP contribution in [0.25, 0.3) is 0 Å². The SMILES string of the molecule is C=C(C)C(=O)O[C-]1C(=O)OC(C)(C)C1(C)C.[Re]. The molecular weight excluding hydrogens is 394 g/mol. The van der Waals surface area contributed by atoms with Crippen LogP contribution in [0.1, 0.15) is 34.6 Å². The molecule has 0 atom stereocenters. The number of cyclic esters (lactones) is 1. The molecule has 0 aromatic carbocycles. The van der Waals surface area contributed by atoms with Crippen molar-refractivity contribution in [1.29, 1.82) is 0 Å². The van der Waals surface area contributed by atoms with Gasteiger partial charge in [-0.1, -0.05) is 31.9 Å². The summed E-state index contributed by atoms with van der Waals surface area (Å²) in [4.78, 5) is 23.0. The van der Waals surface area contributed by atoms with Gasteiger partial charge in [-0.3, -0.25) is 4.79 Å². The van der Waals surface area contributed by atoms with Crippen LogP contribution in [0.5, 0.6) is 0 Å². The average molecular weight is 411 g/mol. The predicted molar refractivity (Wildman–Crippen MR) is 58.1 cm³/mol. The molecule has 4 nitrogen and oxygen atoms in total. The van der Waals surface area contributed by atoms with Crippen molar-refractivity contribution in [2.24, 2.45) is 5.41 Å². The molecule has 1 fully saturated rings. The molecule has 0 spiro atoms. The first-order valence-corrected chi connectivity index (χ1v) is 5.08. The van der Waals surface area contributed by atoms with Crippen LogP contribution in [0.15, 0.2) is 12.2 Å². The largest absolute Gasteiger partial charge is 0.600 e. The molecule has 5 heteroatoms. The quantitative estimate of drug-likeness (QED) is 0.396. The van der Waals surface area contributed by atoms with E-state index in [4.69, 9.17) is 9.47 Å². The molecule has 0 amide bonds. The summed E-state index contributed by atoms with van der Waals surface area (Å²) >= 11 is 0. The van der Waals surface area contributed by atoms with Gasteiger partial charge < -0.3 is 9.47 Å². The minimum atomic E-state index is -0.686. The second kappa shape index (κ2) is 4.83. The van der Waals surface area contributed by atoms with Crippen LogP contribution in [0.3, 0.4) is 0 Å². The molecule has 1 aliphatic heterocycles. The number of esters is 2. The van der Waals surface area contributed by atoms with E-state index in [1.807, 2.05) is 0 Å². The van der Waals surface area contributed by atoms with Gasteiger partial charge in [0.15, 0.2) is 0 Å². The van der Waals surface area contributed by atoms with Crippen molar-refractivity contribution >= 4 is 11.9 Å². The second-order valence-corrected chi connectivity index (χ2v) is 5.02. The van der Waals surface area contributed by atoms with Crippen LogP contribution < -0.4 is 0 Å². The van der Waals surface area contributed by atoms with Crippen LogP contribution in [0.2, 0.25) is 0 Å². The number of ether oxygens (including phenoxy) is 2. The number of hydrogen-bond acceptors (Lipinski definition) is 4. The summed E-state index contributed by atoms with van der Waals surface area (Å²) in [6.45, 7) is 12.2. The Labute approximate surface area is 115 Å². The van der Waals surface area contributed by atoms with Crippen molar-refractivity contribution in [3.8, 4) is 0 Å². The maximum atomic E-state index is 11.6. The third-order valence-corrected chi connectivity index (χ3v) is 3.15. The Kier molecular flexibility index (Phi) is 4.61. The van der Waals surface area contributed by atoms with Gasteiger partial charge in [0.2, 0.25) is 5.97 Å². The Morgan fingerprint density at radius 3 is 2.12 bits per heavy atom. The fraction of sp³-hybridized carbons (Fsp3) is 0.583. The van der Waals surface area contributed by atoms with Gasteiger partial charge in [0.1, 0.15) is 0 Å². The third-order valence-electron chi connectivity index (χ3n) is 3.15. The molecule has 1 heterocycles. The number of rotatable bonds is 2. The first-order valence-electron chi connectivity index (χ1n) is 5.08. The topological polar surface area (TPSA) is 52.6 Å². The van der Waals surface area contributed by atoms with Crippen molar-refractivity contribution in [3.05, 3.63) is 18.3 Å². The summed E-state index contributed by atoms with van der Waals surface area (Å²) in [7, 11) is 0. The standard InChI is InChI=1S/C12H17O4.Re/c1-7(2)9(13)15-8-10(14)16-12(5,6)11(8,3)4;/h1H2,2-6H3;/q-1;. The van der Waals surface area contributed by atoms with Crippen molar-refractivity contribution in [2.75, 3.05) is 0 Å². The molecule has 17 heavy (non-hydrogen) atoms. The molecule has 0 aliphatic carbocycles. The molecule has 1 rings (SSSR count). The third kappa shape index (κ3) is 2.73. The van der Waals surface area contributed by atoms with E-state index >= 15 is 0 Å². The van der Waals surface area contributed by atoms with Crippen LogP contribution >= 0.6 is 0 Å². The fourth-order valence-electron chi connectivity index (χ4n) is 1.28. The molecule has 0 aromatic heterocycles. The van der Waals surface area contributed by atoms with Crippen LogP contribution in [0.4, 0.5) is 0 Å². The molecule has 0 aromatic rings. The summed E-state index contributed by atoms with van der Waals surface area (Å²) in [6.07, 6.45) is 0.0468. The maximum Gasteiger partial charge on any atom is 0.305 e. The average Bonchev–Trinajstić information content (AvgIpc) is 2.24. The van der Waals surface area contributed by atoms with Crippen molar-refractivity contribution in [3.63, 3.8) is 0 Å². The van der Waals surface area contributed by atoms with E-state index < -0.39 is 23.0 Å². The van der Waals surface area contributed by atoms with Crippen molar-refractivity contribution < 1.29 is 39.5 Å². The molecule has 1 aliphatic rings. The van der Waals surface area contributed by atoms with E-state index in [1.54, 1.807) is 27.7 Å². The van der Waals surface area contributed by atoms with Gasteiger partial charge in [-0.15, -0.1) is 0 Å². The van der Waals surface area contributed by atoms with E-state index in [0.717, 1.165) is 0 Å². The molecule has 0 unspecified atom stereocenters. The molecule has 0 bridgehead atoms. The molecule has 97 valence electrons. The van der Waals surface area contributed by atoms with Gasteiger partial charge in [0, 0.05) is 26.0 Å². The van der Waals surface area contributed by atoms with Gasteiger partial charge in [-0.25, -0.2) is 4.79 Å². The van der Waals surface area contributed by atoms with Gasteiger partial charge in [-0.05, 0) is 20.8 Å². The van der Waals surface area contributed by atoms with Crippen LogP contribution in [0, 0.1) is 11.5 Å². The molecule has 0 saturated carbocycles. The number of carbonyl (C=O) groups is 2. The van der Waals surface area contributed by atoms with Crippen LogP contribution in [-0.4, -0.2) is 17.5 Å². The Hall–Kier alpha value is -0.788. The fourth-order valence-corrected chi connectivity index (χ4v) is 1.28. The van der Waals surface area contributed by atoms with Crippen LogP contribution in [-0.2, 0) is 39.5 Å². The Morgan fingerprint density at radius 2 is 1.82 bits per heavy atom. The zero-order valence-corrected chi connectivity index (χ0v) is 13.4. The zero-order chi connectivity index (χ0) is 12.7. The molecule has 0 N–H and O–H groups in total. The van der Waals surface area contributed by atoms with E-state index in [-0.39, 0.29) is 32.1 Å². The first kappa shape index (κ1) is 16.2. The molecule has 1 saturated heterocycles. The normalized spacial score (nSPS) is 20.3. The Balaban J connectivity index is 0.00000256. The first-order chi connectivity index (χ1) is 7.09. The maximum absolute atomic E-state index is 11.6.